The lowest BCUT2D eigenvalue weighted by Crippen LogP contribution is -1.91. The lowest BCUT2D eigenvalue weighted by molar-refractivity contribution is 1.14. The zero-order valence-electron chi connectivity index (χ0n) is 8.77. The monoisotopic (exact) mass is 250 g/mol. The molecule has 0 aliphatic carbocycles. The molecule has 1 aromatic carbocycles. The molecule has 0 spiro atoms. The summed E-state index contributed by atoms with van der Waals surface area (Å²) in [4.78, 5) is 5.31. The van der Waals surface area contributed by atoms with Crippen LogP contribution >= 0.6 is 23.4 Å². The van der Waals surface area contributed by atoms with Crippen LogP contribution in [-0.4, -0.2) is 4.98 Å². The van der Waals surface area contributed by atoms with E-state index in [1.54, 1.807) is 12.1 Å². The molecule has 0 amide bonds. The van der Waals surface area contributed by atoms with E-state index >= 15 is 0 Å². The number of hydrogen-bond acceptors (Lipinski definition) is 3. The Bertz CT molecular complexity index is 514. The summed E-state index contributed by atoms with van der Waals surface area (Å²) in [5.74, 6) is 0. The molecule has 82 valence electrons. The maximum Gasteiger partial charge on any atom is 0.130 e. The summed E-state index contributed by atoms with van der Waals surface area (Å²) in [5.41, 5.74) is 7.70. The van der Waals surface area contributed by atoms with Crippen molar-refractivity contribution in [2.24, 2.45) is 0 Å². The molecule has 0 atom stereocenters. The van der Waals surface area contributed by atoms with Gasteiger partial charge in [-0.15, -0.1) is 0 Å². The summed E-state index contributed by atoms with van der Waals surface area (Å²) in [6, 6.07) is 11.6. The number of hydrogen-bond donors (Lipinski definition) is 1. The highest BCUT2D eigenvalue weighted by Gasteiger charge is 2.04. The molecule has 1 aromatic heterocycles. The molecular formula is C12H11ClN2S. The van der Waals surface area contributed by atoms with Crippen LogP contribution in [0.3, 0.4) is 0 Å². The second-order valence-electron chi connectivity index (χ2n) is 3.45. The van der Waals surface area contributed by atoms with E-state index < -0.39 is 0 Å². The van der Waals surface area contributed by atoms with Gasteiger partial charge in [-0.25, -0.2) is 4.98 Å². The number of rotatable bonds is 2. The van der Waals surface area contributed by atoms with E-state index in [0.29, 0.717) is 10.8 Å². The van der Waals surface area contributed by atoms with Gasteiger partial charge < -0.3 is 5.73 Å². The highest BCUT2D eigenvalue weighted by Crippen LogP contribution is 2.31. The predicted octanol–water partition coefficient (Wildman–Crippen LogP) is 3.78. The minimum Gasteiger partial charge on any atom is -0.397 e. The van der Waals surface area contributed by atoms with Crippen LogP contribution in [0.4, 0.5) is 5.69 Å². The Kier molecular flexibility index (Phi) is 3.36. The molecule has 0 saturated carbocycles. The molecule has 2 nitrogen and oxygen atoms in total. The molecule has 0 saturated heterocycles. The highest BCUT2D eigenvalue weighted by atomic mass is 35.5. The quantitative estimate of drug-likeness (QED) is 0.825. The summed E-state index contributed by atoms with van der Waals surface area (Å²) in [6.07, 6.45) is 0. The van der Waals surface area contributed by atoms with Crippen molar-refractivity contribution in [1.29, 1.82) is 0 Å². The summed E-state index contributed by atoms with van der Waals surface area (Å²) >= 11 is 7.36. The average Bonchev–Trinajstić information content (AvgIpc) is 2.24. The van der Waals surface area contributed by atoms with Crippen molar-refractivity contribution in [1.82, 2.24) is 4.98 Å². The van der Waals surface area contributed by atoms with Gasteiger partial charge in [0.25, 0.3) is 0 Å². The Morgan fingerprint density at radius 1 is 1.25 bits per heavy atom. The number of halogens is 1. The normalized spacial score (nSPS) is 10.4. The maximum absolute atomic E-state index is 5.83. The minimum atomic E-state index is 0.462. The summed E-state index contributed by atoms with van der Waals surface area (Å²) in [5, 5.41) is 1.21. The van der Waals surface area contributed by atoms with Gasteiger partial charge in [0.2, 0.25) is 0 Å². The first kappa shape index (κ1) is 11.3. The number of aryl methyl sites for hydroxylation is 1. The number of anilines is 1. The molecule has 0 aliphatic heterocycles. The van der Waals surface area contributed by atoms with Crippen LogP contribution in [0.5, 0.6) is 0 Å². The van der Waals surface area contributed by atoms with Crippen molar-refractivity contribution in [2.45, 2.75) is 16.8 Å². The standard InChI is InChI=1S/C12H11ClN2S/c1-8-3-2-4-9(7-8)16-12-10(14)5-6-11(13)15-12/h2-7H,14H2,1H3. The zero-order valence-corrected chi connectivity index (χ0v) is 10.3. The Hall–Kier alpha value is -1.19. The fourth-order valence-electron chi connectivity index (χ4n) is 1.30. The second-order valence-corrected chi connectivity index (χ2v) is 4.90. The maximum atomic E-state index is 5.83. The van der Waals surface area contributed by atoms with E-state index in [0.717, 1.165) is 9.92 Å². The van der Waals surface area contributed by atoms with Crippen molar-refractivity contribution in [2.75, 3.05) is 5.73 Å². The van der Waals surface area contributed by atoms with Crippen LogP contribution in [0.15, 0.2) is 46.3 Å². The van der Waals surface area contributed by atoms with Crippen LogP contribution in [0.1, 0.15) is 5.56 Å². The highest BCUT2D eigenvalue weighted by molar-refractivity contribution is 7.99. The van der Waals surface area contributed by atoms with Crippen LogP contribution < -0.4 is 5.73 Å². The van der Waals surface area contributed by atoms with E-state index in [1.165, 1.54) is 17.3 Å². The van der Waals surface area contributed by atoms with E-state index in [-0.39, 0.29) is 0 Å². The second kappa shape index (κ2) is 4.76. The lowest BCUT2D eigenvalue weighted by atomic mass is 10.2. The summed E-state index contributed by atoms with van der Waals surface area (Å²) in [6.45, 7) is 2.05. The van der Waals surface area contributed by atoms with Crippen molar-refractivity contribution in [3.8, 4) is 0 Å². The predicted molar refractivity (Wildman–Crippen MR) is 69.0 cm³/mol. The number of nitrogens with two attached hydrogens (primary N) is 1. The van der Waals surface area contributed by atoms with Gasteiger partial charge in [0.15, 0.2) is 0 Å². The first-order chi connectivity index (χ1) is 7.65. The molecule has 4 heteroatoms. The molecular weight excluding hydrogens is 240 g/mol. The smallest absolute Gasteiger partial charge is 0.130 e. The van der Waals surface area contributed by atoms with Gasteiger partial charge >= 0.3 is 0 Å². The average molecular weight is 251 g/mol. The minimum absolute atomic E-state index is 0.462. The van der Waals surface area contributed by atoms with Crippen molar-refractivity contribution < 1.29 is 0 Å². The summed E-state index contributed by atoms with van der Waals surface area (Å²) in [7, 11) is 0. The van der Waals surface area contributed by atoms with E-state index in [2.05, 4.69) is 24.0 Å². The fraction of sp³-hybridized carbons (Fsp3) is 0.0833. The van der Waals surface area contributed by atoms with Gasteiger partial charge in [-0.3, -0.25) is 0 Å². The molecule has 2 rings (SSSR count). The fourth-order valence-corrected chi connectivity index (χ4v) is 2.44. The third-order valence-corrected chi connectivity index (χ3v) is 3.28. The number of benzene rings is 1. The molecule has 0 radical (unpaired) electrons. The Labute approximate surface area is 104 Å². The SMILES string of the molecule is Cc1cccc(Sc2nc(Cl)ccc2N)c1. The first-order valence-corrected chi connectivity index (χ1v) is 6.01. The molecule has 16 heavy (non-hydrogen) atoms. The van der Waals surface area contributed by atoms with E-state index in [4.69, 9.17) is 17.3 Å². The first-order valence-electron chi connectivity index (χ1n) is 4.82. The number of pyridine rings is 1. The third-order valence-electron chi connectivity index (χ3n) is 2.06. The molecule has 0 aliphatic rings. The molecule has 0 bridgehead atoms. The molecule has 1 heterocycles. The van der Waals surface area contributed by atoms with Gasteiger partial charge in [-0.1, -0.05) is 41.1 Å². The Morgan fingerprint density at radius 2 is 2.06 bits per heavy atom. The summed E-state index contributed by atoms with van der Waals surface area (Å²) < 4.78 is 0. The van der Waals surface area contributed by atoms with Gasteiger partial charge in [-0.2, -0.15) is 0 Å². The molecule has 2 N–H and O–H groups in total. The molecule has 2 aromatic rings. The number of nitrogen functional groups attached to an aromatic ring is 1. The Balaban J connectivity index is 2.30. The van der Waals surface area contributed by atoms with Crippen LogP contribution in [0, 0.1) is 6.92 Å². The largest absolute Gasteiger partial charge is 0.397 e. The molecule has 0 unspecified atom stereocenters. The van der Waals surface area contributed by atoms with Crippen molar-refractivity contribution in [3.05, 3.63) is 47.1 Å². The van der Waals surface area contributed by atoms with Crippen LogP contribution in [0.2, 0.25) is 5.15 Å². The molecule has 0 fully saturated rings. The Morgan fingerprint density at radius 3 is 2.81 bits per heavy atom. The van der Waals surface area contributed by atoms with Crippen LogP contribution in [0.25, 0.3) is 0 Å². The van der Waals surface area contributed by atoms with Gasteiger partial charge in [0, 0.05) is 4.90 Å². The van der Waals surface area contributed by atoms with Crippen LogP contribution in [-0.2, 0) is 0 Å². The lowest BCUT2D eigenvalue weighted by Gasteiger charge is -2.05. The van der Waals surface area contributed by atoms with Crippen molar-refractivity contribution >= 4 is 29.1 Å². The third kappa shape index (κ3) is 2.68. The zero-order chi connectivity index (χ0) is 11.5. The van der Waals surface area contributed by atoms with Gasteiger partial charge in [0.1, 0.15) is 10.2 Å². The van der Waals surface area contributed by atoms with Crippen molar-refractivity contribution in [3.63, 3.8) is 0 Å². The number of nitrogens with zero attached hydrogens (tertiary/aromatic N) is 1. The van der Waals surface area contributed by atoms with E-state index in [9.17, 15) is 0 Å². The topological polar surface area (TPSA) is 38.9 Å². The number of aromatic nitrogens is 1. The van der Waals surface area contributed by atoms with Gasteiger partial charge in [0.05, 0.1) is 5.69 Å². The van der Waals surface area contributed by atoms with Gasteiger partial charge in [-0.05, 0) is 31.2 Å². The van der Waals surface area contributed by atoms with E-state index in [1.807, 2.05) is 12.1 Å².